The molecule has 0 amide bonds. The van der Waals surface area contributed by atoms with Gasteiger partial charge in [0.05, 0.1) is 0 Å². The molecular weight excluding hydrogens is 142 g/mol. The van der Waals surface area contributed by atoms with Gasteiger partial charge in [0.1, 0.15) is 0 Å². The Bertz CT molecular complexity index is 85.7. The summed E-state index contributed by atoms with van der Waals surface area (Å²) in [4.78, 5) is 0. The maximum absolute atomic E-state index is 5.63. The van der Waals surface area contributed by atoms with Gasteiger partial charge in [0.25, 0.3) is 0 Å². The lowest BCUT2D eigenvalue weighted by Crippen LogP contribution is -2.29. The average molecular weight is 161 g/mol. The van der Waals surface area contributed by atoms with E-state index in [0.717, 1.165) is 6.54 Å². The van der Waals surface area contributed by atoms with Crippen LogP contribution < -0.4 is 5.73 Å². The first-order valence-electron chi connectivity index (χ1n) is 3.71. The Kier molecular flexibility index (Phi) is 4.37. The molecule has 0 aromatic carbocycles. The van der Waals surface area contributed by atoms with Crippen molar-refractivity contribution in [2.24, 2.45) is 17.1 Å². The van der Waals surface area contributed by atoms with Gasteiger partial charge in [0, 0.05) is 0 Å². The summed E-state index contributed by atoms with van der Waals surface area (Å²) in [6.45, 7) is 7.56. The molecule has 2 N–H and O–H groups in total. The first kappa shape index (κ1) is 10.3. The van der Waals surface area contributed by atoms with Crippen molar-refractivity contribution < 1.29 is 0 Å². The molecule has 0 fully saturated rings. The SMILES string of the molecule is CSCC(CN)C(C)(C)C. The van der Waals surface area contributed by atoms with E-state index in [0.29, 0.717) is 11.3 Å². The minimum Gasteiger partial charge on any atom is -0.330 e. The first-order valence-corrected chi connectivity index (χ1v) is 5.10. The molecule has 0 aliphatic carbocycles. The Morgan fingerprint density at radius 1 is 1.40 bits per heavy atom. The van der Waals surface area contributed by atoms with E-state index in [1.54, 1.807) is 0 Å². The molecule has 0 radical (unpaired) electrons. The highest BCUT2D eigenvalue weighted by molar-refractivity contribution is 7.98. The van der Waals surface area contributed by atoms with E-state index in [2.05, 4.69) is 27.0 Å². The van der Waals surface area contributed by atoms with E-state index in [-0.39, 0.29) is 0 Å². The monoisotopic (exact) mass is 161 g/mol. The maximum Gasteiger partial charge on any atom is -0.00249 e. The molecule has 0 aliphatic rings. The fraction of sp³-hybridized carbons (Fsp3) is 1.00. The molecule has 0 aromatic rings. The average Bonchev–Trinajstić information content (AvgIpc) is 1.80. The Balaban J connectivity index is 3.81. The Morgan fingerprint density at radius 3 is 2.00 bits per heavy atom. The fourth-order valence-corrected chi connectivity index (χ4v) is 1.91. The molecule has 1 nitrogen and oxygen atoms in total. The summed E-state index contributed by atoms with van der Waals surface area (Å²) in [7, 11) is 0. The van der Waals surface area contributed by atoms with Crippen molar-refractivity contribution in [1.82, 2.24) is 0 Å². The molecule has 0 rings (SSSR count). The van der Waals surface area contributed by atoms with Gasteiger partial charge < -0.3 is 5.73 Å². The van der Waals surface area contributed by atoms with Crippen molar-refractivity contribution in [2.75, 3.05) is 18.6 Å². The number of hydrogen-bond donors (Lipinski definition) is 1. The van der Waals surface area contributed by atoms with Crippen LogP contribution in [0.5, 0.6) is 0 Å². The van der Waals surface area contributed by atoms with E-state index in [9.17, 15) is 0 Å². The Labute approximate surface area is 68.8 Å². The molecule has 0 heterocycles. The highest BCUT2D eigenvalue weighted by Crippen LogP contribution is 2.27. The molecule has 1 atom stereocenters. The second-order valence-corrected chi connectivity index (χ2v) is 4.66. The first-order chi connectivity index (χ1) is 4.52. The van der Waals surface area contributed by atoms with Crippen LogP contribution in [0, 0.1) is 11.3 Å². The number of nitrogens with two attached hydrogens (primary N) is 1. The highest BCUT2D eigenvalue weighted by Gasteiger charge is 2.21. The predicted octanol–water partition coefficient (Wildman–Crippen LogP) is 1.97. The quantitative estimate of drug-likeness (QED) is 0.685. The third kappa shape index (κ3) is 3.47. The van der Waals surface area contributed by atoms with Crippen LogP contribution in [0.15, 0.2) is 0 Å². The molecule has 0 aromatic heterocycles. The lowest BCUT2D eigenvalue weighted by molar-refractivity contribution is 0.274. The van der Waals surface area contributed by atoms with Crippen LogP contribution in [0.1, 0.15) is 20.8 Å². The van der Waals surface area contributed by atoms with Crippen molar-refractivity contribution in [1.29, 1.82) is 0 Å². The number of thioether (sulfide) groups is 1. The van der Waals surface area contributed by atoms with Crippen molar-refractivity contribution >= 4 is 11.8 Å². The fourth-order valence-electron chi connectivity index (χ4n) is 0.873. The normalized spacial score (nSPS) is 15.3. The molecule has 0 saturated carbocycles. The van der Waals surface area contributed by atoms with Crippen LogP contribution in [0.25, 0.3) is 0 Å². The van der Waals surface area contributed by atoms with Gasteiger partial charge in [-0.2, -0.15) is 11.8 Å². The second kappa shape index (κ2) is 4.24. The molecule has 0 aliphatic heterocycles. The molecule has 10 heavy (non-hydrogen) atoms. The molecule has 0 bridgehead atoms. The topological polar surface area (TPSA) is 26.0 Å². The Hall–Kier alpha value is 0.310. The summed E-state index contributed by atoms with van der Waals surface area (Å²) in [5.41, 5.74) is 6.00. The maximum atomic E-state index is 5.63. The minimum atomic E-state index is 0.373. The van der Waals surface area contributed by atoms with Crippen LogP contribution in [0.2, 0.25) is 0 Å². The molecule has 2 heteroatoms. The zero-order chi connectivity index (χ0) is 8.20. The van der Waals surface area contributed by atoms with Crippen molar-refractivity contribution in [2.45, 2.75) is 20.8 Å². The third-order valence-electron chi connectivity index (χ3n) is 1.88. The molecule has 0 spiro atoms. The van der Waals surface area contributed by atoms with Crippen molar-refractivity contribution in [3.63, 3.8) is 0 Å². The van der Waals surface area contributed by atoms with Gasteiger partial charge in [-0.25, -0.2) is 0 Å². The summed E-state index contributed by atoms with van der Waals surface area (Å²) < 4.78 is 0. The van der Waals surface area contributed by atoms with Crippen LogP contribution >= 0.6 is 11.8 Å². The molecule has 0 saturated heterocycles. The zero-order valence-electron chi connectivity index (χ0n) is 7.48. The summed E-state index contributed by atoms with van der Waals surface area (Å²) in [5.74, 6) is 1.84. The smallest absolute Gasteiger partial charge is 0.00249 e. The largest absolute Gasteiger partial charge is 0.330 e. The summed E-state index contributed by atoms with van der Waals surface area (Å²) in [6, 6.07) is 0. The van der Waals surface area contributed by atoms with Gasteiger partial charge in [-0.3, -0.25) is 0 Å². The van der Waals surface area contributed by atoms with Gasteiger partial charge in [-0.1, -0.05) is 20.8 Å². The van der Waals surface area contributed by atoms with Crippen molar-refractivity contribution in [3.05, 3.63) is 0 Å². The predicted molar refractivity (Wildman–Crippen MR) is 50.4 cm³/mol. The highest BCUT2D eigenvalue weighted by atomic mass is 32.2. The zero-order valence-corrected chi connectivity index (χ0v) is 8.29. The number of rotatable bonds is 3. The molecular formula is C8H19NS. The lowest BCUT2D eigenvalue weighted by atomic mass is 9.82. The van der Waals surface area contributed by atoms with Gasteiger partial charge in [-0.05, 0) is 29.9 Å². The van der Waals surface area contributed by atoms with Crippen LogP contribution in [0.4, 0.5) is 0 Å². The molecule has 62 valence electrons. The van der Waals surface area contributed by atoms with Crippen LogP contribution in [0.3, 0.4) is 0 Å². The lowest BCUT2D eigenvalue weighted by Gasteiger charge is -2.28. The van der Waals surface area contributed by atoms with Gasteiger partial charge in [-0.15, -0.1) is 0 Å². The van der Waals surface area contributed by atoms with E-state index in [4.69, 9.17) is 5.73 Å². The van der Waals surface area contributed by atoms with Crippen molar-refractivity contribution in [3.8, 4) is 0 Å². The summed E-state index contributed by atoms with van der Waals surface area (Å²) in [5, 5.41) is 0. The summed E-state index contributed by atoms with van der Waals surface area (Å²) >= 11 is 1.88. The van der Waals surface area contributed by atoms with E-state index >= 15 is 0 Å². The van der Waals surface area contributed by atoms with E-state index < -0.39 is 0 Å². The van der Waals surface area contributed by atoms with Crippen LogP contribution in [-0.4, -0.2) is 18.6 Å². The van der Waals surface area contributed by atoms with Gasteiger partial charge >= 0.3 is 0 Å². The summed E-state index contributed by atoms with van der Waals surface area (Å²) in [6.07, 6.45) is 2.13. The van der Waals surface area contributed by atoms with E-state index in [1.807, 2.05) is 11.8 Å². The Morgan fingerprint density at radius 2 is 1.90 bits per heavy atom. The number of hydrogen-bond acceptors (Lipinski definition) is 2. The standard InChI is InChI=1S/C8H19NS/c1-8(2,3)7(5-9)6-10-4/h7H,5-6,9H2,1-4H3. The van der Waals surface area contributed by atoms with Gasteiger partial charge in [0.15, 0.2) is 0 Å². The van der Waals surface area contributed by atoms with Crippen LogP contribution in [-0.2, 0) is 0 Å². The molecule has 1 unspecified atom stereocenters. The second-order valence-electron chi connectivity index (χ2n) is 3.75. The third-order valence-corrected chi connectivity index (χ3v) is 2.61. The van der Waals surface area contributed by atoms with E-state index in [1.165, 1.54) is 5.75 Å². The van der Waals surface area contributed by atoms with Gasteiger partial charge in [0.2, 0.25) is 0 Å². The minimum absolute atomic E-state index is 0.373.